The predicted octanol–water partition coefficient (Wildman–Crippen LogP) is 3.51. The molecule has 1 aliphatic rings. The normalized spacial score (nSPS) is 18.5. The second-order valence-corrected chi connectivity index (χ2v) is 7.19. The zero-order valence-corrected chi connectivity index (χ0v) is 15.4. The molecule has 1 N–H and O–H groups in total. The van der Waals surface area contributed by atoms with Crippen LogP contribution in [0.5, 0.6) is 0 Å². The van der Waals surface area contributed by atoms with Crippen molar-refractivity contribution < 1.29 is 0 Å². The van der Waals surface area contributed by atoms with Crippen molar-refractivity contribution in [3.63, 3.8) is 0 Å². The van der Waals surface area contributed by atoms with Gasteiger partial charge in [-0.15, -0.1) is 0 Å². The first-order valence-corrected chi connectivity index (χ1v) is 9.49. The van der Waals surface area contributed by atoms with Crippen molar-refractivity contribution >= 4 is 17.0 Å². The SMILES string of the molecule is CCCC(C)C1CCCN1c1nc2c(cnn2-c2ccccc2)c(=O)[nH]1. The van der Waals surface area contributed by atoms with Gasteiger partial charge in [0, 0.05) is 12.6 Å². The molecule has 136 valence electrons. The Morgan fingerprint density at radius 3 is 2.88 bits per heavy atom. The fourth-order valence-electron chi connectivity index (χ4n) is 4.10. The van der Waals surface area contributed by atoms with E-state index in [1.165, 1.54) is 12.8 Å². The average Bonchev–Trinajstić information content (AvgIpc) is 3.30. The molecule has 1 aliphatic heterocycles. The summed E-state index contributed by atoms with van der Waals surface area (Å²) in [5, 5.41) is 4.92. The van der Waals surface area contributed by atoms with Crippen molar-refractivity contribution in [3.05, 3.63) is 46.9 Å². The summed E-state index contributed by atoms with van der Waals surface area (Å²) in [4.78, 5) is 22.7. The number of aromatic nitrogens is 4. The largest absolute Gasteiger partial charge is 0.339 e. The standard InChI is InChI=1S/C20H25N5O/c1-3-8-14(2)17-11-7-12-24(17)20-22-18-16(19(26)23-20)13-21-25(18)15-9-5-4-6-10-15/h4-6,9-10,13-14,17H,3,7-8,11-12H2,1-2H3,(H,22,23,26). The first kappa shape index (κ1) is 16.8. The van der Waals surface area contributed by atoms with E-state index < -0.39 is 0 Å². The highest BCUT2D eigenvalue weighted by atomic mass is 16.1. The number of hydrogen-bond acceptors (Lipinski definition) is 4. The Labute approximate surface area is 152 Å². The molecule has 0 saturated carbocycles. The van der Waals surface area contributed by atoms with Crippen LogP contribution in [0.3, 0.4) is 0 Å². The van der Waals surface area contributed by atoms with Gasteiger partial charge in [0.15, 0.2) is 5.65 Å². The smallest absolute Gasteiger partial charge is 0.263 e. The molecule has 0 aliphatic carbocycles. The topological polar surface area (TPSA) is 66.8 Å². The Bertz CT molecular complexity index is 946. The molecule has 4 rings (SSSR count). The first-order valence-electron chi connectivity index (χ1n) is 9.49. The van der Waals surface area contributed by atoms with Crippen molar-refractivity contribution in [1.82, 2.24) is 19.7 Å². The molecule has 6 heteroatoms. The van der Waals surface area contributed by atoms with Gasteiger partial charge in [-0.1, -0.05) is 38.5 Å². The van der Waals surface area contributed by atoms with Crippen LogP contribution in [0, 0.1) is 5.92 Å². The summed E-state index contributed by atoms with van der Waals surface area (Å²) >= 11 is 0. The highest BCUT2D eigenvalue weighted by molar-refractivity contribution is 5.76. The van der Waals surface area contributed by atoms with Crippen LogP contribution in [0.1, 0.15) is 39.5 Å². The number of anilines is 1. The molecule has 0 bridgehead atoms. The van der Waals surface area contributed by atoms with Crippen LogP contribution in [0.2, 0.25) is 0 Å². The van der Waals surface area contributed by atoms with E-state index in [1.807, 2.05) is 30.3 Å². The molecule has 3 aromatic rings. The van der Waals surface area contributed by atoms with Gasteiger partial charge in [0.05, 0.1) is 11.9 Å². The molecule has 26 heavy (non-hydrogen) atoms. The number of aromatic amines is 1. The van der Waals surface area contributed by atoms with E-state index in [0.717, 1.165) is 25.1 Å². The fraction of sp³-hybridized carbons (Fsp3) is 0.450. The number of hydrogen-bond donors (Lipinski definition) is 1. The summed E-state index contributed by atoms with van der Waals surface area (Å²) in [5.74, 6) is 1.26. The molecular formula is C20H25N5O. The van der Waals surface area contributed by atoms with Gasteiger partial charge in [-0.25, -0.2) is 4.68 Å². The van der Waals surface area contributed by atoms with E-state index in [4.69, 9.17) is 4.98 Å². The third-order valence-corrected chi connectivity index (χ3v) is 5.40. The van der Waals surface area contributed by atoms with Crippen LogP contribution < -0.4 is 10.5 Å². The highest BCUT2D eigenvalue weighted by Crippen LogP contribution is 2.30. The van der Waals surface area contributed by atoms with Gasteiger partial charge in [-0.3, -0.25) is 9.78 Å². The van der Waals surface area contributed by atoms with E-state index in [2.05, 4.69) is 28.8 Å². The molecule has 0 amide bonds. The lowest BCUT2D eigenvalue weighted by molar-refractivity contribution is 0.418. The summed E-state index contributed by atoms with van der Waals surface area (Å²) in [6.45, 7) is 5.46. The lowest BCUT2D eigenvalue weighted by atomic mass is 9.95. The Hall–Kier alpha value is -2.63. The molecule has 1 fully saturated rings. The summed E-state index contributed by atoms with van der Waals surface area (Å²) in [6.07, 6.45) is 6.25. The molecule has 1 aromatic carbocycles. The molecule has 1 saturated heterocycles. The highest BCUT2D eigenvalue weighted by Gasteiger charge is 2.31. The Morgan fingerprint density at radius 2 is 2.12 bits per heavy atom. The number of para-hydroxylation sites is 1. The molecule has 2 atom stereocenters. The molecule has 0 spiro atoms. The van der Waals surface area contributed by atoms with Crippen LogP contribution in [-0.2, 0) is 0 Å². The van der Waals surface area contributed by atoms with E-state index in [-0.39, 0.29) is 5.56 Å². The second kappa shape index (κ2) is 6.94. The monoisotopic (exact) mass is 351 g/mol. The number of fused-ring (bicyclic) bond motifs is 1. The summed E-state index contributed by atoms with van der Waals surface area (Å²) < 4.78 is 1.74. The van der Waals surface area contributed by atoms with Gasteiger partial charge in [0.25, 0.3) is 5.56 Å². The van der Waals surface area contributed by atoms with Crippen LogP contribution in [-0.4, -0.2) is 32.3 Å². The first-order chi connectivity index (χ1) is 12.7. The third kappa shape index (κ3) is 2.89. The summed E-state index contributed by atoms with van der Waals surface area (Å²) in [5.41, 5.74) is 1.40. The quantitative estimate of drug-likeness (QED) is 0.764. The molecule has 2 aromatic heterocycles. The number of nitrogens with one attached hydrogen (secondary N) is 1. The van der Waals surface area contributed by atoms with Crippen molar-refractivity contribution in [3.8, 4) is 5.69 Å². The molecule has 0 radical (unpaired) electrons. The van der Waals surface area contributed by atoms with Crippen LogP contribution in [0.15, 0.2) is 41.3 Å². The molecule has 3 heterocycles. The summed E-state index contributed by atoms with van der Waals surface area (Å²) in [7, 11) is 0. The average molecular weight is 351 g/mol. The fourth-order valence-corrected chi connectivity index (χ4v) is 4.10. The molecular weight excluding hydrogens is 326 g/mol. The third-order valence-electron chi connectivity index (χ3n) is 5.40. The lowest BCUT2D eigenvalue weighted by Crippen LogP contribution is -2.36. The molecule has 2 unspecified atom stereocenters. The number of H-pyrrole nitrogens is 1. The minimum absolute atomic E-state index is 0.124. The van der Waals surface area contributed by atoms with Crippen molar-refractivity contribution in [2.75, 3.05) is 11.4 Å². The number of nitrogens with zero attached hydrogens (tertiary/aromatic N) is 4. The second-order valence-electron chi connectivity index (χ2n) is 7.19. The maximum absolute atomic E-state index is 12.6. The van der Waals surface area contributed by atoms with Gasteiger partial charge < -0.3 is 4.90 Å². The van der Waals surface area contributed by atoms with E-state index >= 15 is 0 Å². The van der Waals surface area contributed by atoms with Crippen LogP contribution in [0.25, 0.3) is 16.7 Å². The minimum Gasteiger partial charge on any atom is -0.339 e. The van der Waals surface area contributed by atoms with E-state index in [0.29, 0.717) is 28.9 Å². The number of rotatable bonds is 5. The van der Waals surface area contributed by atoms with Gasteiger partial charge in [-0.05, 0) is 37.3 Å². The Kier molecular flexibility index (Phi) is 4.49. The van der Waals surface area contributed by atoms with Crippen molar-refractivity contribution in [2.45, 2.75) is 45.6 Å². The van der Waals surface area contributed by atoms with Gasteiger partial charge >= 0.3 is 0 Å². The summed E-state index contributed by atoms with van der Waals surface area (Å²) in [6, 6.07) is 10.3. The Morgan fingerprint density at radius 1 is 1.31 bits per heavy atom. The maximum atomic E-state index is 12.6. The zero-order valence-electron chi connectivity index (χ0n) is 15.4. The van der Waals surface area contributed by atoms with Crippen LogP contribution >= 0.6 is 0 Å². The Balaban J connectivity index is 1.78. The minimum atomic E-state index is -0.124. The van der Waals surface area contributed by atoms with Crippen molar-refractivity contribution in [1.29, 1.82) is 0 Å². The molecule has 6 nitrogen and oxygen atoms in total. The van der Waals surface area contributed by atoms with Gasteiger partial charge in [-0.2, -0.15) is 10.1 Å². The lowest BCUT2D eigenvalue weighted by Gasteiger charge is -2.29. The van der Waals surface area contributed by atoms with Gasteiger partial charge in [0.1, 0.15) is 5.39 Å². The van der Waals surface area contributed by atoms with Crippen molar-refractivity contribution in [2.24, 2.45) is 5.92 Å². The van der Waals surface area contributed by atoms with E-state index in [9.17, 15) is 4.79 Å². The zero-order chi connectivity index (χ0) is 18.1. The van der Waals surface area contributed by atoms with E-state index in [1.54, 1.807) is 10.9 Å². The predicted molar refractivity (Wildman–Crippen MR) is 104 cm³/mol. The number of benzene rings is 1. The maximum Gasteiger partial charge on any atom is 0.263 e. The van der Waals surface area contributed by atoms with Crippen LogP contribution in [0.4, 0.5) is 5.95 Å². The van der Waals surface area contributed by atoms with Gasteiger partial charge in [0.2, 0.25) is 5.95 Å².